The summed E-state index contributed by atoms with van der Waals surface area (Å²) in [5.74, 6) is -0.178. The highest BCUT2D eigenvalue weighted by atomic mass is 35.5. The first kappa shape index (κ1) is 19.1. The fourth-order valence-electron chi connectivity index (χ4n) is 3.33. The third-order valence-electron chi connectivity index (χ3n) is 4.62. The van der Waals surface area contributed by atoms with Crippen molar-refractivity contribution in [2.24, 2.45) is 0 Å². The lowest BCUT2D eigenvalue weighted by Crippen LogP contribution is -2.51. The minimum atomic E-state index is -3.60. The molecular formula is C17H25ClN2O3S. The third-order valence-corrected chi connectivity index (χ3v) is 6.11. The molecule has 0 N–H and O–H groups in total. The number of carbonyl (C=O) groups excluding carboxylic acids is 1. The molecule has 0 radical (unpaired) electrons. The van der Waals surface area contributed by atoms with E-state index < -0.39 is 16.1 Å². The van der Waals surface area contributed by atoms with Gasteiger partial charge in [-0.25, -0.2) is 8.42 Å². The lowest BCUT2D eigenvalue weighted by Gasteiger charge is -2.36. The van der Waals surface area contributed by atoms with E-state index in [2.05, 4.69) is 0 Å². The molecule has 7 heteroatoms. The van der Waals surface area contributed by atoms with E-state index in [-0.39, 0.29) is 11.9 Å². The summed E-state index contributed by atoms with van der Waals surface area (Å²) in [4.78, 5) is 14.6. The second-order valence-corrected chi connectivity index (χ2v) is 8.75. The number of benzene rings is 1. The minimum Gasteiger partial charge on any atom is -0.341 e. The molecule has 0 bridgehead atoms. The van der Waals surface area contributed by atoms with Crippen LogP contribution in [0.15, 0.2) is 24.3 Å². The first-order valence-corrected chi connectivity index (χ1v) is 10.5. The SMILES string of the molecule is C[C@H](C(=O)N(C)C1CCCCC1)N(c1ccc(Cl)cc1)S(C)(=O)=O. The smallest absolute Gasteiger partial charge is 0.246 e. The van der Waals surface area contributed by atoms with Gasteiger partial charge in [-0.2, -0.15) is 0 Å². The average molecular weight is 373 g/mol. The zero-order valence-corrected chi connectivity index (χ0v) is 16.0. The molecule has 5 nitrogen and oxygen atoms in total. The van der Waals surface area contributed by atoms with Crippen LogP contribution in [0.1, 0.15) is 39.0 Å². The van der Waals surface area contributed by atoms with Gasteiger partial charge in [0.25, 0.3) is 0 Å². The molecule has 1 fully saturated rings. The van der Waals surface area contributed by atoms with Crippen molar-refractivity contribution in [1.82, 2.24) is 4.90 Å². The van der Waals surface area contributed by atoms with E-state index in [0.717, 1.165) is 31.9 Å². The Balaban J connectivity index is 2.25. The molecule has 1 aromatic carbocycles. The summed E-state index contributed by atoms with van der Waals surface area (Å²) in [6, 6.07) is 5.88. The molecule has 0 heterocycles. The molecule has 0 aromatic heterocycles. The molecule has 24 heavy (non-hydrogen) atoms. The molecule has 1 amide bonds. The monoisotopic (exact) mass is 372 g/mol. The summed E-state index contributed by atoms with van der Waals surface area (Å²) in [6.45, 7) is 1.64. The maximum absolute atomic E-state index is 12.9. The van der Waals surface area contributed by atoms with E-state index >= 15 is 0 Å². The summed E-state index contributed by atoms with van der Waals surface area (Å²) in [5.41, 5.74) is 0.444. The van der Waals surface area contributed by atoms with Gasteiger partial charge < -0.3 is 4.90 Å². The van der Waals surface area contributed by atoms with Gasteiger partial charge in [0.05, 0.1) is 11.9 Å². The summed E-state index contributed by atoms with van der Waals surface area (Å²) >= 11 is 5.88. The number of hydrogen-bond donors (Lipinski definition) is 0. The predicted octanol–water partition coefficient (Wildman–Crippen LogP) is 3.29. The van der Waals surface area contributed by atoms with Gasteiger partial charge in [-0.3, -0.25) is 9.10 Å². The molecule has 1 aliphatic carbocycles. The molecule has 0 aliphatic heterocycles. The third kappa shape index (κ3) is 4.42. The van der Waals surface area contributed by atoms with Crippen LogP contribution in [-0.2, 0) is 14.8 Å². The molecular weight excluding hydrogens is 348 g/mol. The van der Waals surface area contributed by atoms with Crippen molar-refractivity contribution in [3.05, 3.63) is 29.3 Å². The van der Waals surface area contributed by atoms with Crippen LogP contribution in [0, 0.1) is 0 Å². The molecule has 1 aliphatic rings. The Hall–Kier alpha value is -1.27. The van der Waals surface area contributed by atoms with Crippen molar-refractivity contribution in [2.75, 3.05) is 17.6 Å². The van der Waals surface area contributed by atoms with Crippen molar-refractivity contribution in [3.63, 3.8) is 0 Å². The number of carbonyl (C=O) groups is 1. The molecule has 1 saturated carbocycles. The Labute approximate surface area is 149 Å². The highest BCUT2D eigenvalue weighted by Crippen LogP contribution is 2.26. The Morgan fingerprint density at radius 1 is 1.17 bits per heavy atom. The second kappa shape index (κ2) is 7.74. The molecule has 0 unspecified atom stereocenters. The lowest BCUT2D eigenvalue weighted by molar-refractivity contribution is -0.133. The number of nitrogens with zero attached hydrogens (tertiary/aromatic N) is 2. The van der Waals surface area contributed by atoms with E-state index in [1.54, 1.807) is 43.1 Å². The quantitative estimate of drug-likeness (QED) is 0.796. The van der Waals surface area contributed by atoms with Gasteiger partial charge in [0.1, 0.15) is 6.04 Å². The molecule has 0 spiro atoms. The van der Waals surface area contributed by atoms with Gasteiger partial charge in [0.15, 0.2) is 0 Å². The number of sulfonamides is 1. The van der Waals surface area contributed by atoms with Crippen molar-refractivity contribution in [1.29, 1.82) is 0 Å². The normalized spacial score (nSPS) is 17.3. The summed E-state index contributed by atoms with van der Waals surface area (Å²) in [6.07, 6.45) is 6.51. The standard InChI is InChI=1S/C17H25ClN2O3S/c1-13(17(21)19(2)15-7-5-4-6-8-15)20(24(3,22)23)16-11-9-14(18)10-12-16/h9-13,15H,4-8H2,1-3H3/t13-/m1/s1. The fraction of sp³-hybridized carbons (Fsp3) is 0.588. The molecule has 134 valence electrons. The Morgan fingerprint density at radius 2 is 1.71 bits per heavy atom. The molecule has 1 aromatic rings. The Kier molecular flexibility index (Phi) is 6.15. The van der Waals surface area contributed by atoms with Crippen LogP contribution in [0.2, 0.25) is 5.02 Å². The second-order valence-electron chi connectivity index (χ2n) is 6.45. The van der Waals surface area contributed by atoms with E-state index in [1.165, 1.54) is 10.7 Å². The van der Waals surface area contributed by atoms with Gasteiger partial charge in [0, 0.05) is 18.1 Å². The Morgan fingerprint density at radius 3 is 2.21 bits per heavy atom. The van der Waals surface area contributed by atoms with Gasteiger partial charge in [-0.15, -0.1) is 0 Å². The van der Waals surface area contributed by atoms with Crippen LogP contribution in [0.3, 0.4) is 0 Å². The number of likely N-dealkylation sites (N-methyl/N-ethyl adjacent to an activating group) is 1. The van der Waals surface area contributed by atoms with Crippen molar-refractivity contribution < 1.29 is 13.2 Å². The van der Waals surface area contributed by atoms with Crippen molar-refractivity contribution in [2.45, 2.75) is 51.1 Å². The van der Waals surface area contributed by atoms with E-state index in [9.17, 15) is 13.2 Å². The number of anilines is 1. The highest BCUT2D eigenvalue weighted by Gasteiger charge is 2.33. The van der Waals surface area contributed by atoms with Gasteiger partial charge >= 0.3 is 0 Å². The predicted molar refractivity (Wildman–Crippen MR) is 97.9 cm³/mol. The first-order chi connectivity index (χ1) is 11.2. The summed E-state index contributed by atoms with van der Waals surface area (Å²) in [5, 5.41) is 0.519. The summed E-state index contributed by atoms with van der Waals surface area (Å²) in [7, 11) is -1.82. The maximum Gasteiger partial charge on any atom is 0.246 e. The van der Waals surface area contributed by atoms with E-state index in [0.29, 0.717) is 10.7 Å². The van der Waals surface area contributed by atoms with Crippen molar-refractivity contribution in [3.8, 4) is 0 Å². The zero-order valence-electron chi connectivity index (χ0n) is 14.4. The molecule has 0 saturated heterocycles. The van der Waals surface area contributed by atoms with Crippen LogP contribution in [-0.4, -0.2) is 44.6 Å². The number of rotatable bonds is 5. The largest absolute Gasteiger partial charge is 0.341 e. The van der Waals surface area contributed by atoms with Gasteiger partial charge in [-0.05, 0) is 44.0 Å². The number of amides is 1. The van der Waals surface area contributed by atoms with Crippen LogP contribution in [0.4, 0.5) is 5.69 Å². The zero-order chi connectivity index (χ0) is 17.9. The topological polar surface area (TPSA) is 57.7 Å². The van der Waals surface area contributed by atoms with Crippen molar-refractivity contribution >= 4 is 33.2 Å². The first-order valence-electron chi connectivity index (χ1n) is 8.23. The summed E-state index contributed by atoms with van der Waals surface area (Å²) < 4.78 is 25.7. The van der Waals surface area contributed by atoms with Crippen LogP contribution >= 0.6 is 11.6 Å². The van der Waals surface area contributed by atoms with Gasteiger partial charge in [0.2, 0.25) is 15.9 Å². The molecule has 2 rings (SSSR count). The van der Waals surface area contributed by atoms with E-state index in [1.807, 2.05) is 0 Å². The van der Waals surface area contributed by atoms with Crippen LogP contribution < -0.4 is 4.31 Å². The highest BCUT2D eigenvalue weighted by molar-refractivity contribution is 7.92. The number of halogens is 1. The fourth-order valence-corrected chi connectivity index (χ4v) is 4.63. The maximum atomic E-state index is 12.9. The minimum absolute atomic E-state index is 0.178. The van der Waals surface area contributed by atoms with Gasteiger partial charge in [-0.1, -0.05) is 30.9 Å². The average Bonchev–Trinajstić information content (AvgIpc) is 2.55. The van der Waals surface area contributed by atoms with Crippen LogP contribution in [0.5, 0.6) is 0 Å². The molecule has 1 atom stereocenters. The van der Waals surface area contributed by atoms with Crippen LogP contribution in [0.25, 0.3) is 0 Å². The van der Waals surface area contributed by atoms with E-state index in [4.69, 9.17) is 11.6 Å². The lowest BCUT2D eigenvalue weighted by atomic mass is 9.94. The number of hydrogen-bond acceptors (Lipinski definition) is 3. The Bertz CT molecular complexity index is 670.